The highest BCUT2D eigenvalue weighted by atomic mass is 16.3. The number of benzene rings is 1. The minimum Gasteiger partial charge on any atom is -0.510 e. The lowest BCUT2D eigenvalue weighted by molar-refractivity contribution is -0.148. The number of phenols is 1. The van der Waals surface area contributed by atoms with Crippen LogP contribution >= 0.6 is 0 Å². The quantitative estimate of drug-likeness (QED) is 0.195. The van der Waals surface area contributed by atoms with Crippen molar-refractivity contribution < 1.29 is 34.8 Å². The number of rotatable bonds is 3. The SMILES string of the molecule is CN(C)c1cc(N)c(O)c2c1CC1CC3[C@H](N(C)C)C(O)=C(C(N)=O)C(=O)[C@@]3(O)C(O)=C1C2=O. The number of nitrogens with zero attached hydrogens (tertiary/aromatic N) is 2. The van der Waals surface area contributed by atoms with E-state index in [9.17, 15) is 34.8 Å². The fourth-order valence-corrected chi connectivity index (χ4v) is 5.72. The first-order chi connectivity index (χ1) is 15.7. The van der Waals surface area contributed by atoms with Gasteiger partial charge >= 0.3 is 0 Å². The van der Waals surface area contributed by atoms with Gasteiger partial charge in [0.05, 0.1) is 17.3 Å². The van der Waals surface area contributed by atoms with E-state index in [1.165, 1.54) is 4.90 Å². The molecule has 0 saturated carbocycles. The van der Waals surface area contributed by atoms with Crippen molar-refractivity contribution in [3.63, 3.8) is 0 Å². The fourth-order valence-electron chi connectivity index (χ4n) is 5.72. The first-order valence-electron chi connectivity index (χ1n) is 10.7. The predicted octanol–water partition coefficient (Wildman–Crippen LogP) is -0.231. The summed E-state index contributed by atoms with van der Waals surface area (Å²) in [5, 5.41) is 44.2. The third-order valence-corrected chi connectivity index (χ3v) is 7.21. The van der Waals surface area contributed by atoms with E-state index >= 15 is 0 Å². The molecular weight excluding hydrogens is 444 g/mol. The Bertz CT molecular complexity index is 1220. The molecule has 3 aliphatic rings. The first-order valence-corrected chi connectivity index (χ1v) is 10.7. The summed E-state index contributed by atoms with van der Waals surface area (Å²) < 4.78 is 0. The van der Waals surface area contributed by atoms with Crippen LogP contribution in [0.4, 0.5) is 11.4 Å². The molecule has 2 unspecified atom stereocenters. The van der Waals surface area contributed by atoms with Crippen LogP contribution in [0.15, 0.2) is 28.7 Å². The first kappa shape index (κ1) is 23.6. The van der Waals surface area contributed by atoms with Gasteiger partial charge in [-0.1, -0.05) is 0 Å². The molecule has 0 saturated heterocycles. The summed E-state index contributed by atoms with van der Waals surface area (Å²) >= 11 is 0. The van der Waals surface area contributed by atoms with Crippen molar-refractivity contribution in [1.82, 2.24) is 4.90 Å². The average molecular weight is 472 g/mol. The molecule has 0 radical (unpaired) electrons. The number of allylic oxidation sites excluding steroid dienone is 1. The molecule has 0 fully saturated rings. The number of nitrogen functional groups attached to an aromatic ring is 1. The number of amides is 1. The predicted molar refractivity (Wildman–Crippen MR) is 122 cm³/mol. The Morgan fingerprint density at radius 1 is 1.15 bits per heavy atom. The Labute approximate surface area is 195 Å². The molecule has 1 amide bonds. The number of aromatic hydroxyl groups is 1. The van der Waals surface area contributed by atoms with Crippen LogP contribution < -0.4 is 16.4 Å². The highest BCUT2D eigenvalue weighted by molar-refractivity contribution is 6.25. The second-order valence-corrected chi connectivity index (χ2v) is 9.54. The molecule has 11 heteroatoms. The van der Waals surface area contributed by atoms with Gasteiger partial charge in [0.25, 0.3) is 5.91 Å². The van der Waals surface area contributed by atoms with Crippen molar-refractivity contribution in [3.05, 3.63) is 39.9 Å². The minimum absolute atomic E-state index is 0.0315. The Morgan fingerprint density at radius 3 is 2.29 bits per heavy atom. The van der Waals surface area contributed by atoms with Gasteiger partial charge in [0.1, 0.15) is 22.8 Å². The number of carbonyl (C=O) groups excluding carboxylic acids is 3. The molecule has 182 valence electrons. The number of aliphatic hydroxyl groups excluding tert-OH is 2. The van der Waals surface area contributed by atoms with Gasteiger partial charge in [0, 0.05) is 31.3 Å². The molecule has 0 heterocycles. The maximum Gasteiger partial charge on any atom is 0.255 e. The van der Waals surface area contributed by atoms with Crippen LogP contribution in [0.25, 0.3) is 0 Å². The Hall–Kier alpha value is -3.57. The van der Waals surface area contributed by atoms with E-state index in [0.717, 1.165) is 0 Å². The lowest BCUT2D eigenvalue weighted by atomic mass is 9.58. The van der Waals surface area contributed by atoms with Gasteiger partial charge in [-0.3, -0.25) is 19.3 Å². The lowest BCUT2D eigenvalue weighted by Crippen LogP contribution is -2.63. The number of carbonyl (C=O) groups is 3. The maximum absolute atomic E-state index is 13.6. The smallest absolute Gasteiger partial charge is 0.255 e. The number of nitrogens with two attached hydrogens (primary N) is 2. The summed E-state index contributed by atoms with van der Waals surface area (Å²) in [6.45, 7) is 0. The van der Waals surface area contributed by atoms with E-state index in [4.69, 9.17) is 11.5 Å². The number of anilines is 2. The molecule has 0 spiro atoms. The van der Waals surface area contributed by atoms with Crippen LogP contribution in [-0.2, 0) is 16.0 Å². The normalized spacial score (nSPS) is 28.6. The van der Waals surface area contributed by atoms with Gasteiger partial charge in [0.2, 0.25) is 5.78 Å². The van der Waals surface area contributed by atoms with E-state index in [1.807, 2.05) is 0 Å². The van der Waals surface area contributed by atoms with Crippen LogP contribution in [0.5, 0.6) is 5.75 Å². The topological polar surface area (TPSA) is 191 Å². The molecule has 0 aromatic heterocycles. The zero-order chi connectivity index (χ0) is 25.4. The second kappa shape index (κ2) is 7.47. The van der Waals surface area contributed by atoms with Crippen LogP contribution in [-0.4, -0.2) is 82.6 Å². The Kier molecular flexibility index (Phi) is 5.18. The summed E-state index contributed by atoms with van der Waals surface area (Å²) in [6.07, 6.45) is 0.236. The Morgan fingerprint density at radius 2 is 1.76 bits per heavy atom. The number of hydrogen-bond acceptors (Lipinski definition) is 10. The van der Waals surface area contributed by atoms with Crippen LogP contribution in [0.3, 0.4) is 0 Å². The zero-order valence-corrected chi connectivity index (χ0v) is 19.3. The van der Waals surface area contributed by atoms with Gasteiger partial charge in [-0.15, -0.1) is 0 Å². The van der Waals surface area contributed by atoms with Gasteiger partial charge in [-0.25, -0.2) is 0 Å². The minimum atomic E-state index is -2.66. The highest BCUT2D eigenvalue weighted by Gasteiger charge is 2.63. The van der Waals surface area contributed by atoms with Gasteiger partial charge < -0.3 is 36.8 Å². The summed E-state index contributed by atoms with van der Waals surface area (Å²) in [7, 11) is 6.68. The van der Waals surface area contributed by atoms with Crippen molar-refractivity contribution in [2.45, 2.75) is 24.5 Å². The average Bonchev–Trinajstić information content (AvgIpc) is 2.72. The van der Waals surface area contributed by atoms with Crippen molar-refractivity contribution in [2.24, 2.45) is 17.6 Å². The number of primary amides is 1. The molecule has 34 heavy (non-hydrogen) atoms. The molecule has 4 rings (SSSR count). The molecule has 0 bridgehead atoms. The molecule has 1 aromatic carbocycles. The summed E-state index contributed by atoms with van der Waals surface area (Å²) in [6, 6.07) is 0.522. The van der Waals surface area contributed by atoms with Crippen LogP contribution in [0, 0.1) is 11.8 Å². The third kappa shape index (κ3) is 2.86. The standard InChI is InChI=1S/C23H28N4O7/c1-26(2)12-7-11(24)17(28)14-9(12)5-8-6-10-16(27(3)4)19(30)15(22(25)33)21(32)23(10,34)20(31)13(8)18(14)29/h7-8,10,16,28,30-31,34H,5-6,24H2,1-4H3,(H2,25,33)/t8?,10?,16-,23-/m0/s1. The van der Waals surface area contributed by atoms with E-state index in [2.05, 4.69) is 0 Å². The number of phenolic OH excluding ortho intramolecular Hbond substituents is 1. The van der Waals surface area contributed by atoms with Crippen LogP contribution in [0.2, 0.25) is 0 Å². The number of aliphatic hydroxyl groups is 3. The molecule has 4 atom stereocenters. The molecule has 8 N–H and O–H groups in total. The van der Waals surface area contributed by atoms with Crippen molar-refractivity contribution in [1.29, 1.82) is 0 Å². The number of fused-ring (bicyclic) bond motifs is 3. The summed E-state index contributed by atoms with van der Waals surface area (Å²) in [5.41, 5.74) is 8.51. The fraction of sp³-hybridized carbons (Fsp3) is 0.435. The second-order valence-electron chi connectivity index (χ2n) is 9.54. The summed E-state index contributed by atoms with van der Waals surface area (Å²) in [5.74, 6) is -6.95. The van der Waals surface area contributed by atoms with Crippen molar-refractivity contribution in [3.8, 4) is 5.75 Å². The highest BCUT2D eigenvalue weighted by Crippen LogP contribution is 2.53. The van der Waals surface area contributed by atoms with E-state index in [1.54, 1.807) is 39.2 Å². The monoisotopic (exact) mass is 472 g/mol. The molecule has 11 nitrogen and oxygen atoms in total. The largest absolute Gasteiger partial charge is 0.510 e. The third-order valence-electron chi connectivity index (χ3n) is 7.21. The molecule has 0 aliphatic heterocycles. The van der Waals surface area contributed by atoms with Crippen molar-refractivity contribution in [2.75, 3.05) is 38.8 Å². The number of hydrogen-bond donors (Lipinski definition) is 6. The van der Waals surface area contributed by atoms with E-state index < -0.39 is 63.8 Å². The molecule has 3 aliphatic carbocycles. The summed E-state index contributed by atoms with van der Waals surface area (Å²) in [4.78, 5) is 42.1. The molecule has 1 aromatic rings. The molecular formula is C23H28N4O7. The number of likely N-dealkylation sites (N-methyl/N-ethyl adjacent to an activating group) is 1. The van der Waals surface area contributed by atoms with E-state index in [-0.39, 0.29) is 29.7 Å². The van der Waals surface area contributed by atoms with Crippen LogP contribution in [0.1, 0.15) is 22.3 Å². The number of Topliss-reactive ketones (excluding diaryl/α,β-unsaturated/α-hetero) is 2. The van der Waals surface area contributed by atoms with Crippen molar-refractivity contribution >= 4 is 28.8 Å². The van der Waals surface area contributed by atoms with Gasteiger partial charge in [-0.05, 0) is 44.5 Å². The maximum atomic E-state index is 13.6. The number of ketones is 2. The lowest BCUT2D eigenvalue weighted by Gasteiger charge is -2.50. The van der Waals surface area contributed by atoms with Gasteiger partial charge in [-0.2, -0.15) is 0 Å². The Balaban J connectivity index is 2.00. The zero-order valence-electron chi connectivity index (χ0n) is 19.3. The van der Waals surface area contributed by atoms with E-state index in [0.29, 0.717) is 11.3 Å². The van der Waals surface area contributed by atoms with Gasteiger partial charge in [0.15, 0.2) is 11.4 Å².